The number of rotatable bonds is 6. The summed E-state index contributed by atoms with van der Waals surface area (Å²) < 4.78 is 0. The molecule has 0 aromatic heterocycles. The van der Waals surface area contributed by atoms with Crippen LogP contribution in [-0.2, 0) is 0 Å². The Morgan fingerprint density at radius 3 is 1.52 bits per heavy atom. The fraction of sp³-hybridized carbons (Fsp3) is 0.158. The van der Waals surface area contributed by atoms with Crippen molar-refractivity contribution in [1.82, 2.24) is 0 Å². The van der Waals surface area contributed by atoms with Crippen LogP contribution in [0.2, 0.25) is 6.04 Å². The van der Waals surface area contributed by atoms with Gasteiger partial charge in [-0.15, -0.1) is 0 Å². The maximum absolute atomic E-state index is 7.17. The molecule has 108 valence electrons. The average Bonchev–Trinajstić information content (AvgIpc) is 2.55. The van der Waals surface area contributed by atoms with Crippen LogP contribution in [-0.4, -0.2) is 7.38 Å². The second-order valence-corrected chi connectivity index (χ2v) is 10.4. The van der Waals surface area contributed by atoms with Crippen molar-refractivity contribution in [2.45, 2.75) is 19.4 Å². The van der Waals surface area contributed by atoms with Gasteiger partial charge in [0.1, 0.15) is 0 Å². The van der Waals surface area contributed by atoms with Crippen LogP contribution < -0.4 is 10.4 Å². The minimum atomic E-state index is -2.17. The molecule has 0 heterocycles. The van der Waals surface area contributed by atoms with Gasteiger partial charge in [0, 0.05) is 0 Å². The molecule has 0 fully saturated rings. The normalized spacial score (nSPS) is 11.1. The van der Waals surface area contributed by atoms with E-state index >= 15 is 0 Å². The van der Waals surface area contributed by atoms with Crippen LogP contribution in [0.4, 0.5) is 0 Å². The zero-order chi connectivity index (χ0) is 15.3. The van der Waals surface area contributed by atoms with Crippen LogP contribution >= 0.6 is 11.1 Å². The SMILES string of the molecule is C=Cc1ccc([Si](Cl)(CCC)c2ccc(C=C)cc2)cc1. The summed E-state index contributed by atoms with van der Waals surface area (Å²) in [6, 6.07) is 18.1. The molecule has 0 atom stereocenters. The Bertz CT molecular complexity index is 560. The third-order valence-electron chi connectivity index (χ3n) is 3.80. The third-order valence-corrected chi connectivity index (χ3v) is 9.36. The molecule has 2 aromatic rings. The second-order valence-electron chi connectivity index (χ2n) is 5.20. The van der Waals surface area contributed by atoms with Crippen LogP contribution in [0, 0.1) is 0 Å². The lowest BCUT2D eigenvalue weighted by atomic mass is 10.2. The zero-order valence-corrected chi connectivity index (χ0v) is 14.2. The molecule has 0 N–H and O–H groups in total. The molecule has 0 aliphatic heterocycles. The Morgan fingerprint density at radius 2 is 1.24 bits per heavy atom. The van der Waals surface area contributed by atoms with E-state index in [1.165, 1.54) is 10.4 Å². The third kappa shape index (κ3) is 3.37. The molecule has 0 saturated heterocycles. The minimum Gasteiger partial charge on any atom is -0.155 e. The van der Waals surface area contributed by atoms with E-state index in [2.05, 4.69) is 68.6 Å². The van der Waals surface area contributed by atoms with Gasteiger partial charge in [-0.05, 0) is 27.5 Å². The lowest BCUT2D eigenvalue weighted by Gasteiger charge is -2.25. The summed E-state index contributed by atoms with van der Waals surface area (Å²) in [7, 11) is -2.17. The maximum Gasteiger partial charge on any atom is 0.217 e. The van der Waals surface area contributed by atoms with E-state index in [0.717, 1.165) is 23.6 Å². The van der Waals surface area contributed by atoms with Gasteiger partial charge in [0.15, 0.2) is 0 Å². The molecule has 0 amide bonds. The van der Waals surface area contributed by atoms with Gasteiger partial charge in [-0.3, -0.25) is 0 Å². The van der Waals surface area contributed by atoms with E-state index < -0.39 is 7.38 Å². The molecule has 0 unspecified atom stereocenters. The second kappa shape index (κ2) is 6.93. The van der Waals surface area contributed by atoms with Gasteiger partial charge >= 0.3 is 0 Å². The highest BCUT2D eigenvalue weighted by Gasteiger charge is 2.34. The molecular formula is C19H21ClSi. The topological polar surface area (TPSA) is 0 Å². The van der Waals surface area contributed by atoms with Gasteiger partial charge in [-0.25, -0.2) is 0 Å². The number of hydrogen-bond donors (Lipinski definition) is 0. The molecular weight excluding hydrogens is 292 g/mol. The summed E-state index contributed by atoms with van der Waals surface area (Å²) in [4.78, 5) is 0. The van der Waals surface area contributed by atoms with Crippen molar-refractivity contribution in [2.75, 3.05) is 0 Å². The summed E-state index contributed by atoms with van der Waals surface area (Å²) in [5.41, 5.74) is 2.26. The fourth-order valence-electron chi connectivity index (χ4n) is 2.57. The quantitative estimate of drug-likeness (QED) is 0.536. The lowest BCUT2D eigenvalue weighted by Crippen LogP contribution is -2.53. The number of hydrogen-bond acceptors (Lipinski definition) is 0. The molecule has 0 aliphatic carbocycles. The van der Waals surface area contributed by atoms with Gasteiger partial charge in [0.05, 0.1) is 0 Å². The first kappa shape index (κ1) is 15.8. The Hall–Kier alpha value is -1.57. The smallest absolute Gasteiger partial charge is 0.155 e. The van der Waals surface area contributed by atoms with Crippen LogP contribution in [0.15, 0.2) is 61.7 Å². The van der Waals surface area contributed by atoms with Crippen molar-refractivity contribution in [1.29, 1.82) is 0 Å². The van der Waals surface area contributed by atoms with Gasteiger partial charge in [0.25, 0.3) is 0 Å². The standard InChI is InChI=1S/C19H21ClSi/c1-4-15-21(20,18-11-7-16(5-2)8-12-18)19-13-9-17(6-3)10-14-19/h5-14H,2-4,15H2,1H3. The molecule has 0 saturated carbocycles. The summed E-state index contributed by atoms with van der Waals surface area (Å²) >= 11 is 7.17. The number of halogens is 1. The molecule has 0 nitrogen and oxygen atoms in total. The monoisotopic (exact) mass is 312 g/mol. The minimum absolute atomic E-state index is 1.04. The van der Waals surface area contributed by atoms with Gasteiger partial charge in [-0.1, -0.05) is 87.2 Å². The molecule has 0 radical (unpaired) electrons. The fourth-order valence-corrected chi connectivity index (χ4v) is 6.88. The molecule has 0 aliphatic rings. The first-order chi connectivity index (χ1) is 10.1. The zero-order valence-electron chi connectivity index (χ0n) is 12.5. The molecule has 2 aromatic carbocycles. The van der Waals surface area contributed by atoms with Crippen LogP contribution in [0.25, 0.3) is 12.2 Å². The van der Waals surface area contributed by atoms with Crippen molar-refractivity contribution in [3.63, 3.8) is 0 Å². The first-order valence-electron chi connectivity index (χ1n) is 7.29. The first-order valence-corrected chi connectivity index (χ1v) is 10.5. The Kier molecular flexibility index (Phi) is 5.21. The van der Waals surface area contributed by atoms with Crippen molar-refractivity contribution in [3.05, 3.63) is 72.8 Å². The predicted molar refractivity (Wildman–Crippen MR) is 99.0 cm³/mol. The molecule has 0 spiro atoms. The number of benzene rings is 2. The summed E-state index contributed by atoms with van der Waals surface area (Å²) in [6.07, 6.45) is 4.81. The van der Waals surface area contributed by atoms with E-state index in [4.69, 9.17) is 11.1 Å². The van der Waals surface area contributed by atoms with Gasteiger partial charge in [0.2, 0.25) is 7.38 Å². The van der Waals surface area contributed by atoms with Crippen molar-refractivity contribution < 1.29 is 0 Å². The predicted octanol–water partition coefficient (Wildman–Crippen LogP) is 4.68. The van der Waals surface area contributed by atoms with Crippen LogP contribution in [0.3, 0.4) is 0 Å². The van der Waals surface area contributed by atoms with Crippen molar-refractivity contribution in [3.8, 4) is 0 Å². The molecule has 2 rings (SSSR count). The summed E-state index contributed by atoms with van der Waals surface area (Å²) in [5.74, 6) is 0. The van der Waals surface area contributed by atoms with E-state index in [0.29, 0.717) is 0 Å². The average molecular weight is 313 g/mol. The molecule has 0 bridgehead atoms. The van der Waals surface area contributed by atoms with Crippen molar-refractivity contribution >= 4 is 41.0 Å². The molecule has 2 heteroatoms. The largest absolute Gasteiger partial charge is 0.217 e. The van der Waals surface area contributed by atoms with Gasteiger partial charge in [-0.2, -0.15) is 11.1 Å². The maximum atomic E-state index is 7.17. The van der Waals surface area contributed by atoms with Gasteiger partial charge < -0.3 is 0 Å². The van der Waals surface area contributed by atoms with Crippen LogP contribution in [0.1, 0.15) is 24.5 Å². The van der Waals surface area contributed by atoms with E-state index in [1.54, 1.807) is 0 Å². The Labute approximate surface area is 133 Å². The molecule has 21 heavy (non-hydrogen) atoms. The summed E-state index contributed by atoms with van der Waals surface area (Å²) in [6.45, 7) is 9.81. The van der Waals surface area contributed by atoms with E-state index in [-0.39, 0.29) is 0 Å². The Morgan fingerprint density at radius 1 is 0.857 bits per heavy atom. The lowest BCUT2D eigenvalue weighted by molar-refractivity contribution is 1.07. The highest BCUT2D eigenvalue weighted by Crippen LogP contribution is 2.19. The summed E-state index contributed by atoms with van der Waals surface area (Å²) in [5, 5.41) is 2.53. The van der Waals surface area contributed by atoms with E-state index in [1.807, 2.05) is 12.2 Å². The highest BCUT2D eigenvalue weighted by atomic mass is 35.6. The highest BCUT2D eigenvalue weighted by molar-refractivity contribution is 7.34. The van der Waals surface area contributed by atoms with Crippen molar-refractivity contribution in [2.24, 2.45) is 0 Å². The van der Waals surface area contributed by atoms with Crippen LogP contribution in [0.5, 0.6) is 0 Å². The van der Waals surface area contributed by atoms with E-state index in [9.17, 15) is 0 Å². The Balaban J connectivity index is 2.46.